The van der Waals surface area contributed by atoms with Gasteiger partial charge in [-0.2, -0.15) is 0 Å². The van der Waals surface area contributed by atoms with Crippen LogP contribution in [0.1, 0.15) is 17.4 Å². The highest BCUT2D eigenvalue weighted by atomic mass is 16.4. The fourth-order valence-corrected chi connectivity index (χ4v) is 1.80. The first-order chi connectivity index (χ1) is 7.52. The van der Waals surface area contributed by atoms with Crippen LogP contribution in [0, 0.1) is 6.92 Å². The van der Waals surface area contributed by atoms with Crippen LogP contribution in [-0.2, 0) is 11.8 Å². The summed E-state index contributed by atoms with van der Waals surface area (Å²) in [6.07, 6.45) is 0. The number of nitrogens with zero attached hydrogens (tertiary/aromatic N) is 2. The predicted molar refractivity (Wildman–Crippen MR) is 60.0 cm³/mol. The first kappa shape index (κ1) is 10.6. The summed E-state index contributed by atoms with van der Waals surface area (Å²) in [6.45, 7) is 1.87. The van der Waals surface area contributed by atoms with Crippen molar-refractivity contribution >= 4 is 17.0 Å². The molecule has 16 heavy (non-hydrogen) atoms. The number of carboxylic acid groups (broad SMARTS) is 1. The molecule has 0 bridgehead atoms. The molecule has 0 saturated carbocycles. The largest absolute Gasteiger partial charge is 0.480 e. The molecule has 3 N–H and O–H groups in total. The molecule has 2 rings (SSSR count). The van der Waals surface area contributed by atoms with Crippen LogP contribution in [0.5, 0.6) is 0 Å². The maximum atomic E-state index is 10.9. The Morgan fingerprint density at radius 2 is 2.25 bits per heavy atom. The van der Waals surface area contributed by atoms with Gasteiger partial charge >= 0.3 is 5.97 Å². The maximum Gasteiger partial charge on any atom is 0.325 e. The summed E-state index contributed by atoms with van der Waals surface area (Å²) in [5, 5.41) is 8.94. The molecule has 1 unspecified atom stereocenters. The summed E-state index contributed by atoms with van der Waals surface area (Å²) >= 11 is 0. The lowest BCUT2D eigenvalue weighted by Gasteiger charge is -2.09. The Balaban J connectivity index is 2.74. The lowest BCUT2D eigenvalue weighted by atomic mass is 10.1. The van der Waals surface area contributed by atoms with E-state index >= 15 is 0 Å². The highest BCUT2D eigenvalue weighted by molar-refractivity contribution is 5.86. The number of imidazole rings is 1. The van der Waals surface area contributed by atoms with Gasteiger partial charge in [0.2, 0.25) is 0 Å². The molecule has 5 nitrogen and oxygen atoms in total. The van der Waals surface area contributed by atoms with Gasteiger partial charge in [-0.1, -0.05) is 12.1 Å². The van der Waals surface area contributed by atoms with E-state index in [0.717, 1.165) is 16.9 Å². The van der Waals surface area contributed by atoms with E-state index in [0.29, 0.717) is 5.56 Å². The summed E-state index contributed by atoms with van der Waals surface area (Å²) in [6, 6.07) is 4.33. The number of rotatable bonds is 2. The van der Waals surface area contributed by atoms with Crippen molar-refractivity contribution in [1.82, 2.24) is 9.55 Å². The highest BCUT2D eigenvalue weighted by Crippen LogP contribution is 2.23. The molecule has 1 heterocycles. The SMILES string of the molecule is Cc1nc2cccc(C(N)C(=O)O)c2n1C. The molecular weight excluding hydrogens is 206 g/mol. The molecule has 0 saturated heterocycles. The van der Waals surface area contributed by atoms with E-state index in [1.807, 2.05) is 24.6 Å². The minimum Gasteiger partial charge on any atom is -0.480 e. The summed E-state index contributed by atoms with van der Waals surface area (Å²) < 4.78 is 1.85. The minimum atomic E-state index is -1.04. The molecule has 84 valence electrons. The fraction of sp³-hybridized carbons (Fsp3) is 0.273. The molecular formula is C11H13N3O2. The lowest BCUT2D eigenvalue weighted by Crippen LogP contribution is -2.21. The molecule has 0 amide bonds. The Hall–Kier alpha value is -1.88. The van der Waals surface area contributed by atoms with Crippen molar-refractivity contribution in [3.05, 3.63) is 29.6 Å². The average Bonchev–Trinajstić information content (AvgIpc) is 2.54. The molecule has 0 aliphatic heterocycles. The summed E-state index contributed by atoms with van der Waals surface area (Å²) in [5.41, 5.74) is 7.79. The van der Waals surface area contributed by atoms with Gasteiger partial charge in [0.05, 0.1) is 11.0 Å². The van der Waals surface area contributed by atoms with Crippen molar-refractivity contribution in [1.29, 1.82) is 0 Å². The number of hydrogen-bond acceptors (Lipinski definition) is 3. The average molecular weight is 219 g/mol. The Morgan fingerprint density at radius 1 is 1.56 bits per heavy atom. The Bertz CT molecular complexity index is 560. The van der Waals surface area contributed by atoms with Crippen LogP contribution in [-0.4, -0.2) is 20.6 Å². The van der Waals surface area contributed by atoms with Crippen molar-refractivity contribution in [2.45, 2.75) is 13.0 Å². The summed E-state index contributed by atoms with van der Waals surface area (Å²) in [7, 11) is 1.85. The third-order valence-electron chi connectivity index (χ3n) is 2.75. The third-order valence-corrected chi connectivity index (χ3v) is 2.75. The summed E-state index contributed by atoms with van der Waals surface area (Å²) in [4.78, 5) is 15.2. The number of carbonyl (C=O) groups is 1. The van der Waals surface area contributed by atoms with Gasteiger partial charge in [-0.15, -0.1) is 0 Å². The van der Waals surface area contributed by atoms with Crippen LogP contribution >= 0.6 is 0 Å². The molecule has 1 aromatic heterocycles. The second-order valence-electron chi connectivity index (χ2n) is 3.75. The lowest BCUT2D eigenvalue weighted by molar-refractivity contribution is -0.138. The van der Waals surface area contributed by atoms with E-state index in [-0.39, 0.29) is 0 Å². The van der Waals surface area contributed by atoms with Crippen molar-refractivity contribution in [3.63, 3.8) is 0 Å². The van der Waals surface area contributed by atoms with Crippen LogP contribution in [0.4, 0.5) is 0 Å². The van der Waals surface area contributed by atoms with Crippen LogP contribution < -0.4 is 5.73 Å². The van der Waals surface area contributed by atoms with Crippen molar-refractivity contribution in [3.8, 4) is 0 Å². The molecule has 0 fully saturated rings. The number of aryl methyl sites for hydroxylation is 2. The van der Waals surface area contributed by atoms with Crippen LogP contribution in [0.15, 0.2) is 18.2 Å². The molecule has 0 radical (unpaired) electrons. The monoisotopic (exact) mass is 219 g/mol. The van der Waals surface area contributed by atoms with Crippen molar-refractivity contribution < 1.29 is 9.90 Å². The number of hydrogen-bond donors (Lipinski definition) is 2. The Kier molecular flexibility index (Phi) is 2.40. The number of aromatic nitrogens is 2. The fourth-order valence-electron chi connectivity index (χ4n) is 1.80. The Labute approximate surface area is 92.5 Å². The number of fused-ring (bicyclic) bond motifs is 1. The molecule has 0 aliphatic carbocycles. The number of benzene rings is 1. The van der Waals surface area contributed by atoms with E-state index in [1.54, 1.807) is 12.1 Å². The van der Waals surface area contributed by atoms with Gasteiger partial charge in [0.15, 0.2) is 0 Å². The van der Waals surface area contributed by atoms with E-state index < -0.39 is 12.0 Å². The molecule has 5 heteroatoms. The maximum absolute atomic E-state index is 10.9. The van der Waals surface area contributed by atoms with Crippen molar-refractivity contribution in [2.24, 2.45) is 12.8 Å². The van der Waals surface area contributed by atoms with Crippen LogP contribution in [0.2, 0.25) is 0 Å². The van der Waals surface area contributed by atoms with Gasteiger partial charge < -0.3 is 15.4 Å². The number of aliphatic carboxylic acids is 1. The van der Waals surface area contributed by atoms with Crippen LogP contribution in [0.25, 0.3) is 11.0 Å². The van der Waals surface area contributed by atoms with Crippen molar-refractivity contribution in [2.75, 3.05) is 0 Å². The van der Waals surface area contributed by atoms with Crippen LogP contribution in [0.3, 0.4) is 0 Å². The quantitative estimate of drug-likeness (QED) is 0.788. The summed E-state index contributed by atoms with van der Waals surface area (Å²) in [5.74, 6) is -0.202. The molecule has 1 atom stereocenters. The predicted octanol–water partition coefficient (Wildman–Crippen LogP) is 0.966. The smallest absolute Gasteiger partial charge is 0.325 e. The van der Waals surface area contributed by atoms with E-state index in [1.165, 1.54) is 0 Å². The highest BCUT2D eigenvalue weighted by Gasteiger charge is 2.19. The van der Waals surface area contributed by atoms with Gasteiger partial charge in [-0.3, -0.25) is 4.79 Å². The van der Waals surface area contributed by atoms with Gasteiger partial charge in [0.25, 0.3) is 0 Å². The van der Waals surface area contributed by atoms with E-state index in [2.05, 4.69) is 4.98 Å². The number of carboxylic acids is 1. The minimum absolute atomic E-state index is 0.591. The third kappa shape index (κ3) is 1.45. The normalized spacial score (nSPS) is 12.9. The topological polar surface area (TPSA) is 81.1 Å². The first-order valence-electron chi connectivity index (χ1n) is 4.92. The molecule has 1 aromatic carbocycles. The zero-order valence-corrected chi connectivity index (χ0v) is 9.14. The second-order valence-corrected chi connectivity index (χ2v) is 3.75. The van der Waals surface area contributed by atoms with Gasteiger partial charge in [-0.05, 0) is 13.0 Å². The first-order valence-corrected chi connectivity index (χ1v) is 4.92. The van der Waals surface area contributed by atoms with Gasteiger partial charge in [0, 0.05) is 12.6 Å². The second kappa shape index (κ2) is 3.61. The zero-order valence-electron chi connectivity index (χ0n) is 9.14. The molecule has 0 spiro atoms. The molecule has 0 aliphatic rings. The standard InChI is InChI=1S/C11H13N3O2/c1-6-13-8-5-3-4-7(9(12)11(15)16)10(8)14(6)2/h3-5,9H,12H2,1-2H3,(H,15,16). The zero-order chi connectivity index (χ0) is 11.9. The number of nitrogens with two attached hydrogens (primary N) is 1. The Morgan fingerprint density at radius 3 is 2.88 bits per heavy atom. The van der Waals surface area contributed by atoms with E-state index in [4.69, 9.17) is 10.8 Å². The van der Waals surface area contributed by atoms with Gasteiger partial charge in [-0.25, -0.2) is 4.98 Å². The molecule has 2 aromatic rings. The number of para-hydroxylation sites is 1. The van der Waals surface area contributed by atoms with E-state index in [9.17, 15) is 4.79 Å². The van der Waals surface area contributed by atoms with Gasteiger partial charge in [0.1, 0.15) is 11.9 Å².